The second kappa shape index (κ2) is 4.29. The number of hydrogen-bond donors (Lipinski definition) is 1. The van der Waals surface area contributed by atoms with Gasteiger partial charge < -0.3 is 5.73 Å². The van der Waals surface area contributed by atoms with E-state index in [1.54, 1.807) is 22.6 Å². The standard InChI is InChI=1S/C11H10N4S/c1-16-11-3-9(13)2-10(4-11)15-7-8(5-12)6-14-15/h2-4,6-7H,13H2,1H3. The summed E-state index contributed by atoms with van der Waals surface area (Å²) in [7, 11) is 0. The number of anilines is 1. The molecule has 1 aromatic heterocycles. The first kappa shape index (κ1) is 10.6. The summed E-state index contributed by atoms with van der Waals surface area (Å²) in [4.78, 5) is 1.07. The Morgan fingerprint density at radius 3 is 2.88 bits per heavy atom. The van der Waals surface area contributed by atoms with Crippen LogP contribution in [0.15, 0.2) is 35.5 Å². The Kier molecular flexibility index (Phi) is 2.84. The maximum absolute atomic E-state index is 8.72. The molecule has 0 fully saturated rings. The van der Waals surface area contributed by atoms with Crippen LogP contribution in [0.25, 0.3) is 5.69 Å². The van der Waals surface area contributed by atoms with Crippen LogP contribution >= 0.6 is 11.8 Å². The maximum Gasteiger partial charge on any atom is 0.102 e. The van der Waals surface area contributed by atoms with Gasteiger partial charge in [0.2, 0.25) is 0 Å². The van der Waals surface area contributed by atoms with E-state index >= 15 is 0 Å². The van der Waals surface area contributed by atoms with Crippen molar-refractivity contribution in [3.05, 3.63) is 36.2 Å². The first-order valence-corrected chi connectivity index (χ1v) is 5.85. The third-order valence-electron chi connectivity index (χ3n) is 2.13. The van der Waals surface area contributed by atoms with E-state index in [9.17, 15) is 0 Å². The molecule has 5 heteroatoms. The van der Waals surface area contributed by atoms with Crippen LogP contribution in [0.2, 0.25) is 0 Å². The monoisotopic (exact) mass is 230 g/mol. The minimum atomic E-state index is 0.535. The molecule has 2 aromatic rings. The topological polar surface area (TPSA) is 67.6 Å². The Morgan fingerprint density at radius 2 is 2.25 bits per heavy atom. The van der Waals surface area contributed by atoms with E-state index < -0.39 is 0 Å². The highest BCUT2D eigenvalue weighted by Crippen LogP contribution is 2.22. The van der Waals surface area contributed by atoms with Crippen molar-refractivity contribution in [1.29, 1.82) is 5.26 Å². The highest BCUT2D eigenvalue weighted by atomic mass is 32.2. The van der Waals surface area contributed by atoms with Gasteiger partial charge in [0.15, 0.2) is 0 Å². The lowest BCUT2D eigenvalue weighted by atomic mass is 10.3. The van der Waals surface area contributed by atoms with Crippen LogP contribution in [-0.4, -0.2) is 16.0 Å². The molecule has 0 aliphatic carbocycles. The summed E-state index contributed by atoms with van der Waals surface area (Å²) in [5.74, 6) is 0. The van der Waals surface area contributed by atoms with Gasteiger partial charge in [-0.05, 0) is 24.5 Å². The van der Waals surface area contributed by atoms with Gasteiger partial charge in [0.25, 0.3) is 0 Å². The Morgan fingerprint density at radius 1 is 1.44 bits per heavy atom. The fourth-order valence-electron chi connectivity index (χ4n) is 1.38. The van der Waals surface area contributed by atoms with E-state index in [0.717, 1.165) is 10.6 Å². The van der Waals surface area contributed by atoms with Gasteiger partial charge in [0.1, 0.15) is 6.07 Å². The molecular weight excluding hydrogens is 220 g/mol. The van der Waals surface area contributed by atoms with Crippen LogP contribution in [0.3, 0.4) is 0 Å². The fraction of sp³-hybridized carbons (Fsp3) is 0.0909. The van der Waals surface area contributed by atoms with Crippen molar-refractivity contribution >= 4 is 17.4 Å². The van der Waals surface area contributed by atoms with Crippen molar-refractivity contribution in [3.8, 4) is 11.8 Å². The van der Waals surface area contributed by atoms with Crippen LogP contribution in [0.5, 0.6) is 0 Å². The predicted octanol–water partition coefficient (Wildman–Crippen LogP) is 2.05. The highest BCUT2D eigenvalue weighted by molar-refractivity contribution is 7.98. The minimum absolute atomic E-state index is 0.535. The third kappa shape index (κ3) is 2.02. The van der Waals surface area contributed by atoms with Crippen molar-refractivity contribution < 1.29 is 0 Å². The van der Waals surface area contributed by atoms with Crippen molar-refractivity contribution in [2.75, 3.05) is 12.0 Å². The van der Waals surface area contributed by atoms with Crippen molar-refractivity contribution in [2.45, 2.75) is 4.90 Å². The van der Waals surface area contributed by atoms with Gasteiger partial charge in [-0.15, -0.1) is 11.8 Å². The molecule has 1 heterocycles. The number of nitrogens with two attached hydrogens (primary N) is 1. The number of rotatable bonds is 2. The van der Waals surface area contributed by atoms with Gasteiger partial charge >= 0.3 is 0 Å². The lowest BCUT2D eigenvalue weighted by molar-refractivity contribution is 0.877. The summed E-state index contributed by atoms with van der Waals surface area (Å²) in [5, 5.41) is 12.8. The van der Waals surface area contributed by atoms with Crippen LogP contribution in [0.1, 0.15) is 5.56 Å². The van der Waals surface area contributed by atoms with Crippen molar-refractivity contribution in [1.82, 2.24) is 9.78 Å². The Labute approximate surface area is 97.7 Å². The Bertz CT molecular complexity index is 553. The van der Waals surface area contributed by atoms with Gasteiger partial charge in [-0.2, -0.15) is 10.4 Å². The number of benzene rings is 1. The number of thioether (sulfide) groups is 1. The molecule has 0 atom stereocenters. The number of hydrogen-bond acceptors (Lipinski definition) is 4. The van der Waals surface area contributed by atoms with Gasteiger partial charge in [-0.1, -0.05) is 0 Å². The quantitative estimate of drug-likeness (QED) is 0.633. The number of nitriles is 1. The predicted molar refractivity (Wildman–Crippen MR) is 64.5 cm³/mol. The summed E-state index contributed by atoms with van der Waals surface area (Å²) in [6, 6.07) is 7.75. The first-order valence-electron chi connectivity index (χ1n) is 4.62. The van der Waals surface area contributed by atoms with E-state index in [-0.39, 0.29) is 0 Å². The molecule has 16 heavy (non-hydrogen) atoms. The second-order valence-corrected chi connectivity index (χ2v) is 4.13. The van der Waals surface area contributed by atoms with E-state index in [2.05, 4.69) is 5.10 Å². The second-order valence-electron chi connectivity index (χ2n) is 3.25. The van der Waals surface area contributed by atoms with E-state index in [1.807, 2.05) is 30.5 Å². The summed E-state index contributed by atoms with van der Waals surface area (Å²) in [6.45, 7) is 0. The third-order valence-corrected chi connectivity index (χ3v) is 2.83. The van der Waals surface area contributed by atoms with Crippen LogP contribution in [0, 0.1) is 11.3 Å². The van der Waals surface area contributed by atoms with Gasteiger partial charge in [0.05, 0.1) is 17.4 Å². The lowest BCUT2D eigenvalue weighted by Gasteiger charge is -2.05. The molecule has 0 saturated heterocycles. The van der Waals surface area contributed by atoms with Crippen LogP contribution in [0.4, 0.5) is 5.69 Å². The maximum atomic E-state index is 8.72. The van der Waals surface area contributed by atoms with Crippen LogP contribution < -0.4 is 5.73 Å². The average Bonchev–Trinajstić information content (AvgIpc) is 2.76. The number of aromatic nitrogens is 2. The zero-order valence-electron chi connectivity index (χ0n) is 8.71. The zero-order chi connectivity index (χ0) is 11.5. The number of nitrogens with zero attached hydrogens (tertiary/aromatic N) is 3. The van der Waals surface area contributed by atoms with E-state index in [4.69, 9.17) is 11.0 Å². The molecule has 0 unspecified atom stereocenters. The first-order chi connectivity index (χ1) is 7.72. The fourth-order valence-corrected chi connectivity index (χ4v) is 1.87. The summed E-state index contributed by atoms with van der Waals surface area (Å²) < 4.78 is 1.65. The molecule has 0 amide bonds. The SMILES string of the molecule is CSc1cc(N)cc(-n2cc(C#N)cn2)c1. The van der Waals surface area contributed by atoms with Crippen molar-refractivity contribution in [3.63, 3.8) is 0 Å². The highest BCUT2D eigenvalue weighted by Gasteiger charge is 2.03. The summed E-state index contributed by atoms with van der Waals surface area (Å²) >= 11 is 1.62. The van der Waals surface area contributed by atoms with E-state index in [1.165, 1.54) is 6.20 Å². The summed E-state index contributed by atoms with van der Waals surface area (Å²) in [5.41, 5.74) is 7.88. The molecule has 4 nitrogen and oxygen atoms in total. The minimum Gasteiger partial charge on any atom is -0.399 e. The normalized spacial score (nSPS) is 10.0. The average molecular weight is 230 g/mol. The largest absolute Gasteiger partial charge is 0.399 e. The molecule has 80 valence electrons. The van der Waals surface area contributed by atoms with Gasteiger partial charge in [-0.25, -0.2) is 4.68 Å². The molecule has 2 N–H and O–H groups in total. The lowest BCUT2D eigenvalue weighted by Crippen LogP contribution is -1.96. The van der Waals surface area contributed by atoms with Gasteiger partial charge in [0, 0.05) is 16.8 Å². The zero-order valence-corrected chi connectivity index (χ0v) is 9.53. The Balaban J connectivity index is 2.47. The molecule has 0 aliphatic rings. The number of nitrogen functional groups attached to an aromatic ring is 1. The smallest absolute Gasteiger partial charge is 0.102 e. The molecule has 0 bridgehead atoms. The van der Waals surface area contributed by atoms with Crippen molar-refractivity contribution in [2.24, 2.45) is 0 Å². The molecular formula is C11H10N4S. The Hall–Kier alpha value is -1.93. The van der Waals surface area contributed by atoms with Gasteiger partial charge in [-0.3, -0.25) is 0 Å². The molecule has 2 rings (SSSR count). The summed E-state index contributed by atoms with van der Waals surface area (Å²) in [6.07, 6.45) is 5.20. The molecule has 0 aliphatic heterocycles. The molecule has 1 aromatic carbocycles. The molecule has 0 spiro atoms. The van der Waals surface area contributed by atoms with E-state index in [0.29, 0.717) is 11.3 Å². The van der Waals surface area contributed by atoms with Crippen LogP contribution in [-0.2, 0) is 0 Å². The molecule has 0 radical (unpaired) electrons. The molecule has 0 saturated carbocycles.